The smallest absolute Gasteiger partial charge is 0.238 e. The van der Waals surface area contributed by atoms with E-state index in [1.165, 1.54) is 0 Å². The molecule has 4 N–H and O–H groups in total. The lowest BCUT2D eigenvalue weighted by atomic mass is 9.80. The molecule has 21 heavy (non-hydrogen) atoms. The molecule has 0 atom stereocenters. The normalized spacial score (nSPS) is 12.1. The summed E-state index contributed by atoms with van der Waals surface area (Å²) in [6, 6.07) is 7.49. The fraction of sp³-hybridized carbons (Fsp3) is 0.467. The second kappa shape index (κ2) is 6.97. The van der Waals surface area contributed by atoms with Gasteiger partial charge < -0.3 is 21.2 Å². The molecule has 6 heteroatoms. The number of nitrogens with two attached hydrogens (primary N) is 1. The Balaban J connectivity index is 2.97. The van der Waals surface area contributed by atoms with Crippen LogP contribution in [0, 0.1) is 5.41 Å². The lowest BCUT2D eigenvalue weighted by molar-refractivity contribution is -0.122. The number of oxime groups is 1. The number of hydrogen-bond donors (Lipinski definition) is 3. The number of benzene rings is 1. The van der Waals surface area contributed by atoms with Crippen LogP contribution in [-0.2, 0) is 4.79 Å². The van der Waals surface area contributed by atoms with Crippen molar-refractivity contribution in [3.63, 3.8) is 0 Å². The zero-order valence-electron chi connectivity index (χ0n) is 13.1. The van der Waals surface area contributed by atoms with Gasteiger partial charge in [-0.15, -0.1) is 0 Å². The zero-order valence-corrected chi connectivity index (χ0v) is 13.1. The third kappa shape index (κ3) is 3.45. The van der Waals surface area contributed by atoms with Crippen LogP contribution in [0.25, 0.3) is 0 Å². The van der Waals surface area contributed by atoms with Crippen LogP contribution in [0.15, 0.2) is 29.4 Å². The van der Waals surface area contributed by atoms with Gasteiger partial charge in [0, 0.05) is 25.5 Å². The van der Waals surface area contributed by atoms with E-state index in [4.69, 9.17) is 10.9 Å². The molecule has 0 saturated heterocycles. The predicted molar refractivity (Wildman–Crippen MR) is 85.8 cm³/mol. The first-order valence-corrected chi connectivity index (χ1v) is 6.98. The third-order valence-corrected chi connectivity index (χ3v) is 3.88. The summed E-state index contributed by atoms with van der Waals surface area (Å²) in [7, 11) is 3.90. The van der Waals surface area contributed by atoms with E-state index >= 15 is 0 Å². The largest absolute Gasteiger partial charge is 0.409 e. The minimum Gasteiger partial charge on any atom is -0.409 e. The van der Waals surface area contributed by atoms with Crippen LogP contribution in [0.5, 0.6) is 0 Å². The molecular formula is C15H24N4O2. The highest BCUT2D eigenvalue weighted by molar-refractivity contribution is 6.11. The van der Waals surface area contributed by atoms with E-state index in [9.17, 15) is 4.79 Å². The molecule has 0 aliphatic heterocycles. The second-order valence-electron chi connectivity index (χ2n) is 5.17. The van der Waals surface area contributed by atoms with E-state index in [1.807, 2.05) is 57.1 Å². The first-order chi connectivity index (χ1) is 9.91. The van der Waals surface area contributed by atoms with Crippen molar-refractivity contribution in [2.24, 2.45) is 16.3 Å². The standard InChI is InChI=1S/C15H24N4O2/c1-5-15(6-2,13(16)18-21)14(20)17-11-7-9-12(10-8-11)19(3)4/h7-10,21H,5-6H2,1-4H3,(H2,16,18)(H,17,20). The molecule has 0 aliphatic carbocycles. The summed E-state index contributed by atoms with van der Waals surface area (Å²) in [6.07, 6.45) is 0.919. The van der Waals surface area contributed by atoms with Crippen LogP contribution in [-0.4, -0.2) is 31.0 Å². The fourth-order valence-electron chi connectivity index (χ4n) is 2.24. The summed E-state index contributed by atoms with van der Waals surface area (Å²) < 4.78 is 0. The highest BCUT2D eigenvalue weighted by Crippen LogP contribution is 2.29. The van der Waals surface area contributed by atoms with Gasteiger partial charge in [0.15, 0.2) is 5.84 Å². The number of carbonyl (C=O) groups excluding carboxylic acids is 1. The molecule has 0 fully saturated rings. The summed E-state index contributed by atoms with van der Waals surface area (Å²) in [5.74, 6) is -0.324. The minimum absolute atomic E-state index is 0.0603. The molecule has 0 aromatic heterocycles. The number of carbonyl (C=O) groups is 1. The average molecular weight is 292 g/mol. The molecule has 1 rings (SSSR count). The topological polar surface area (TPSA) is 91.0 Å². The molecule has 0 radical (unpaired) electrons. The molecule has 116 valence electrons. The lowest BCUT2D eigenvalue weighted by Crippen LogP contribution is -2.46. The van der Waals surface area contributed by atoms with Crippen molar-refractivity contribution >= 4 is 23.1 Å². The molecule has 6 nitrogen and oxygen atoms in total. The van der Waals surface area contributed by atoms with Crippen molar-refractivity contribution in [1.82, 2.24) is 0 Å². The van der Waals surface area contributed by atoms with Crippen LogP contribution in [0.4, 0.5) is 11.4 Å². The van der Waals surface area contributed by atoms with Crippen LogP contribution < -0.4 is 16.0 Å². The van der Waals surface area contributed by atoms with Gasteiger partial charge >= 0.3 is 0 Å². The summed E-state index contributed by atoms with van der Waals surface area (Å²) >= 11 is 0. The minimum atomic E-state index is -0.991. The maximum absolute atomic E-state index is 12.5. The second-order valence-corrected chi connectivity index (χ2v) is 5.17. The Kier molecular flexibility index (Phi) is 5.58. The van der Waals surface area contributed by atoms with Crippen molar-refractivity contribution in [3.8, 4) is 0 Å². The Labute approximate surface area is 125 Å². The van der Waals surface area contributed by atoms with Gasteiger partial charge in [-0.1, -0.05) is 19.0 Å². The van der Waals surface area contributed by atoms with E-state index in [1.54, 1.807) is 0 Å². The molecule has 1 amide bonds. The Morgan fingerprint density at radius 2 is 1.81 bits per heavy atom. The quantitative estimate of drug-likeness (QED) is 0.324. The number of nitrogens with one attached hydrogen (secondary N) is 1. The van der Waals surface area contributed by atoms with Crippen molar-refractivity contribution < 1.29 is 10.0 Å². The molecule has 0 spiro atoms. The number of amides is 1. The average Bonchev–Trinajstić information content (AvgIpc) is 2.49. The Morgan fingerprint density at radius 1 is 1.29 bits per heavy atom. The zero-order chi connectivity index (χ0) is 16.0. The van der Waals surface area contributed by atoms with E-state index < -0.39 is 5.41 Å². The Morgan fingerprint density at radius 3 is 2.19 bits per heavy atom. The summed E-state index contributed by atoms with van der Waals surface area (Å²) in [6.45, 7) is 3.69. The van der Waals surface area contributed by atoms with Crippen LogP contribution >= 0.6 is 0 Å². The summed E-state index contributed by atoms with van der Waals surface area (Å²) in [4.78, 5) is 14.5. The first-order valence-electron chi connectivity index (χ1n) is 6.98. The molecular weight excluding hydrogens is 268 g/mol. The molecule has 1 aromatic carbocycles. The number of hydrogen-bond acceptors (Lipinski definition) is 4. The van der Waals surface area contributed by atoms with Crippen LogP contribution in [0.3, 0.4) is 0 Å². The van der Waals surface area contributed by atoms with Gasteiger partial charge in [-0.05, 0) is 37.1 Å². The maximum Gasteiger partial charge on any atom is 0.238 e. The molecule has 0 unspecified atom stereocenters. The monoisotopic (exact) mass is 292 g/mol. The van der Waals surface area contributed by atoms with E-state index in [-0.39, 0.29) is 11.7 Å². The van der Waals surface area contributed by atoms with E-state index in [0.29, 0.717) is 18.5 Å². The van der Waals surface area contributed by atoms with Gasteiger partial charge in [-0.2, -0.15) is 0 Å². The Hall–Kier alpha value is -2.24. The molecule has 0 bridgehead atoms. The van der Waals surface area contributed by atoms with Gasteiger partial charge in [0.05, 0.1) is 0 Å². The first kappa shape index (κ1) is 16.8. The lowest BCUT2D eigenvalue weighted by Gasteiger charge is -2.28. The van der Waals surface area contributed by atoms with Crippen molar-refractivity contribution in [2.45, 2.75) is 26.7 Å². The third-order valence-electron chi connectivity index (χ3n) is 3.88. The van der Waals surface area contributed by atoms with E-state index in [2.05, 4.69) is 10.5 Å². The van der Waals surface area contributed by atoms with Gasteiger partial charge in [0.1, 0.15) is 5.41 Å². The number of nitrogens with zero attached hydrogens (tertiary/aromatic N) is 2. The van der Waals surface area contributed by atoms with Crippen molar-refractivity contribution in [1.29, 1.82) is 0 Å². The summed E-state index contributed by atoms with van der Waals surface area (Å²) in [5.41, 5.74) is 6.46. The van der Waals surface area contributed by atoms with Crippen molar-refractivity contribution in [2.75, 3.05) is 24.3 Å². The predicted octanol–water partition coefficient (Wildman–Crippen LogP) is 2.24. The van der Waals surface area contributed by atoms with Crippen LogP contribution in [0.2, 0.25) is 0 Å². The SMILES string of the molecule is CCC(CC)(C(=O)Nc1ccc(N(C)C)cc1)C(N)=NO. The summed E-state index contributed by atoms with van der Waals surface area (Å²) in [5, 5.41) is 14.8. The van der Waals surface area contributed by atoms with Crippen molar-refractivity contribution in [3.05, 3.63) is 24.3 Å². The molecule has 0 aliphatic rings. The highest BCUT2D eigenvalue weighted by Gasteiger charge is 2.39. The number of anilines is 2. The fourth-order valence-corrected chi connectivity index (χ4v) is 2.24. The van der Waals surface area contributed by atoms with Gasteiger partial charge in [0.25, 0.3) is 0 Å². The molecule has 0 saturated carbocycles. The van der Waals surface area contributed by atoms with Gasteiger partial charge in [-0.25, -0.2) is 0 Å². The van der Waals surface area contributed by atoms with Crippen LogP contribution in [0.1, 0.15) is 26.7 Å². The Bertz CT molecular complexity index is 505. The van der Waals surface area contributed by atoms with E-state index in [0.717, 1.165) is 5.69 Å². The van der Waals surface area contributed by atoms with Gasteiger partial charge in [-0.3, -0.25) is 4.79 Å². The maximum atomic E-state index is 12.5. The molecule has 0 heterocycles. The molecule has 1 aromatic rings. The number of rotatable bonds is 6. The van der Waals surface area contributed by atoms with Gasteiger partial charge in [0.2, 0.25) is 5.91 Å². The highest BCUT2D eigenvalue weighted by atomic mass is 16.4. The number of amidine groups is 1.